The van der Waals surface area contributed by atoms with Crippen LogP contribution in [0.3, 0.4) is 0 Å². The Morgan fingerprint density at radius 1 is 1.37 bits per heavy atom. The monoisotopic (exact) mass is 262 g/mol. The van der Waals surface area contributed by atoms with E-state index in [1.807, 2.05) is 6.92 Å². The van der Waals surface area contributed by atoms with E-state index in [4.69, 9.17) is 5.11 Å². The van der Waals surface area contributed by atoms with Gasteiger partial charge in [0.25, 0.3) is 0 Å². The van der Waals surface area contributed by atoms with Crippen LogP contribution < -0.4 is 5.32 Å². The van der Waals surface area contributed by atoms with Crippen molar-refractivity contribution in [2.24, 2.45) is 5.92 Å². The van der Waals surface area contributed by atoms with Crippen LogP contribution in [-0.2, 0) is 0 Å². The molecule has 0 atom stereocenters. The standard InChI is InChI=1S/C15H22N2O2/c1-11-7-8-13(15(18)19)14(17-11)16-10-9-12-5-3-2-4-6-12/h7-8,12H,2-6,9-10H2,1H3,(H,16,17)(H,18,19). The molecule has 4 heteroatoms. The fourth-order valence-electron chi connectivity index (χ4n) is 2.73. The summed E-state index contributed by atoms with van der Waals surface area (Å²) in [6.45, 7) is 2.68. The van der Waals surface area contributed by atoms with E-state index < -0.39 is 5.97 Å². The second kappa shape index (κ2) is 6.55. The Labute approximate surface area is 114 Å². The van der Waals surface area contributed by atoms with Crippen molar-refractivity contribution in [2.45, 2.75) is 45.4 Å². The van der Waals surface area contributed by atoms with Gasteiger partial charge in [-0.25, -0.2) is 9.78 Å². The minimum atomic E-state index is -0.923. The van der Waals surface area contributed by atoms with Crippen molar-refractivity contribution in [2.75, 3.05) is 11.9 Å². The highest BCUT2D eigenvalue weighted by molar-refractivity contribution is 5.93. The lowest BCUT2D eigenvalue weighted by Gasteiger charge is -2.21. The molecule has 0 spiro atoms. The Morgan fingerprint density at radius 2 is 2.11 bits per heavy atom. The minimum Gasteiger partial charge on any atom is -0.478 e. The summed E-state index contributed by atoms with van der Waals surface area (Å²) >= 11 is 0. The average Bonchev–Trinajstić information content (AvgIpc) is 2.39. The van der Waals surface area contributed by atoms with Crippen LogP contribution in [0.4, 0.5) is 5.82 Å². The second-order valence-corrected chi connectivity index (χ2v) is 5.37. The third-order valence-electron chi connectivity index (χ3n) is 3.83. The van der Waals surface area contributed by atoms with Gasteiger partial charge in [-0.1, -0.05) is 32.1 Å². The maximum atomic E-state index is 11.1. The zero-order valence-corrected chi connectivity index (χ0v) is 11.5. The number of carboxylic acids is 1. The highest BCUT2D eigenvalue weighted by Gasteiger charge is 2.14. The molecule has 0 amide bonds. The molecule has 0 aromatic carbocycles. The molecule has 2 rings (SSSR count). The van der Waals surface area contributed by atoms with Crippen molar-refractivity contribution in [1.82, 2.24) is 4.98 Å². The van der Waals surface area contributed by atoms with E-state index in [-0.39, 0.29) is 5.56 Å². The summed E-state index contributed by atoms with van der Waals surface area (Å²) in [6, 6.07) is 3.35. The number of aromatic carboxylic acids is 1. The first-order chi connectivity index (χ1) is 9.16. The molecule has 0 aliphatic heterocycles. The summed E-state index contributed by atoms with van der Waals surface area (Å²) in [5.41, 5.74) is 1.10. The summed E-state index contributed by atoms with van der Waals surface area (Å²) in [5, 5.41) is 12.3. The van der Waals surface area contributed by atoms with Crippen molar-refractivity contribution in [3.63, 3.8) is 0 Å². The van der Waals surface area contributed by atoms with E-state index in [0.29, 0.717) is 5.82 Å². The van der Waals surface area contributed by atoms with Crippen molar-refractivity contribution in [3.05, 3.63) is 23.4 Å². The molecular formula is C15H22N2O2. The van der Waals surface area contributed by atoms with Gasteiger partial charge in [-0.2, -0.15) is 0 Å². The number of anilines is 1. The Bertz CT molecular complexity index is 440. The van der Waals surface area contributed by atoms with Crippen LogP contribution >= 0.6 is 0 Å². The molecule has 1 fully saturated rings. The lowest BCUT2D eigenvalue weighted by molar-refractivity contribution is 0.0697. The van der Waals surface area contributed by atoms with Gasteiger partial charge in [0.1, 0.15) is 11.4 Å². The number of pyridine rings is 1. The molecule has 104 valence electrons. The number of nitrogens with one attached hydrogen (secondary N) is 1. The lowest BCUT2D eigenvalue weighted by Crippen LogP contribution is -2.15. The Balaban J connectivity index is 1.91. The highest BCUT2D eigenvalue weighted by atomic mass is 16.4. The van der Waals surface area contributed by atoms with E-state index in [0.717, 1.165) is 24.6 Å². The van der Waals surface area contributed by atoms with Crippen LogP contribution in [0.25, 0.3) is 0 Å². The van der Waals surface area contributed by atoms with E-state index in [2.05, 4.69) is 10.3 Å². The van der Waals surface area contributed by atoms with Gasteiger partial charge >= 0.3 is 5.97 Å². The number of carboxylic acid groups (broad SMARTS) is 1. The third-order valence-corrected chi connectivity index (χ3v) is 3.83. The largest absolute Gasteiger partial charge is 0.478 e. The molecular weight excluding hydrogens is 240 g/mol. The van der Waals surface area contributed by atoms with Gasteiger partial charge in [0, 0.05) is 12.2 Å². The predicted octanol–water partition coefficient (Wildman–Crippen LogP) is 3.47. The maximum Gasteiger partial charge on any atom is 0.339 e. The maximum absolute atomic E-state index is 11.1. The number of hydrogen-bond acceptors (Lipinski definition) is 3. The van der Waals surface area contributed by atoms with E-state index in [1.165, 1.54) is 32.1 Å². The number of aromatic nitrogens is 1. The van der Waals surface area contributed by atoms with Crippen LogP contribution in [0.1, 0.15) is 54.6 Å². The smallest absolute Gasteiger partial charge is 0.339 e. The molecule has 4 nitrogen and oxygen atoms in total. The minimum absolute atomic E-state index is 0.259. The fourth-order valence-corrected chi connectivity index (χ4v) is 2.73. The van der Waals surface area contributed by atoms with E-state index >= 15 is 0 Å². The fraction of sp³-hybridized carbons (Fsp3) is 0.600. The summed E-state index contributed by atoms with van der Waals surface area (Å²) in [4.78, 5) is 15.4. The number of aryl methyl sites for hydroxylation is 1. The number of hydrogen-bond donors (Lipinski definition) is 2. The first-order valence-electron chi connectivity index (χ1n) is 7.11. The topological polar surface area (TPSA) is 62.2 Å². The van der Waals surface area contributed by atoms with Crippen molar-refractivity contribution >= 4 is 11.8 Å². The number of rotatable bonds is 5. The van der Waals surface area contributed by atoms with Crippen LogP contribution in [-0.4, -0.2) is 22.6 Å². The van der Waals surface area contributed by atoms with E-state index in [9.17, 15) is 4.79 Å². The molecule has 1 aliphatic rings. The van der Waals surface area contributed by atoms with Crippen LogP contribution in [0, 0.1) is 12.8 Å². The summed E-state index contributed by atoms with van der Waals surface area (Å²) in [5.74, 6) is 0.371. The third kappa shape index (κ3) is 3.94. The van der Waals surface area contributed by atoms with Gasteiger partial charge in [-0.3, -0.25) is 0 Å². The summed E-state index contributed by atoms with van der Waals surface area (Å²) in [6.07, 6.45) is 7.78. The molecule has 0 saturated heterocycles. The molecule has 0 radical (unpaired) electrons. The number of nitrogens with zero attached hydrogens (tertiary/aromatic N) is 1. The zero-order valence-electron chi connectivity index (χ0n) is 11.5. The molecule has 1 saturated carbocycles. The molecule has 0 unspecified atom stereocenters. The molecule has 0 bridgehead atoms. The average molecular weight is 262 g/mol. The van der Waals surface area contributed by atoms with Crippen LogP contribution in [0.5, 0.6) is 0 Å². The number of carbonyl (C=O) groups is 1. The van der Waals surface area contributed by atoms with Gasteiger partial charge in [0.15, 0.2) is 0 Å². The van der Waals surface area contributed by atoms with Gasteiger partial charge in [0.05, 0.1) is 0 Å². The molecule has 1 aromatic rings. The normalized spacial score (nSPS) is 16.3. The Hall–Kier alpha value is -1.58. The van der Waals surface area contributed by atoms with Gasteiger partial charge in [-0.15, -0.1) is 0 Å². The van der Waals surface area contributed by atoms with Crippen molar-refractivity contribution < 1.29 is 9.90 Å². The summed E-state index contributed by atoms with van der Waals surface area (Å²) < 4.78 is 0. The van der Waals surface area contributed by atoms with Gasteiger partial charge < -0.3 is 10.4 Å². The SMILES string of the molecule is Cc1ccc(C(=O)O)c(NCCC2CCCCC2)n1. The van der Waals surface area contributed by atoms with Gasteiger partial charge in [-0.05, 0) is 31.4 Å². The lowest BCUT2D eigenvalue weighted by atomic mass is 9.87. The molecule has 1 heterocycles. The summed E-state index contributed by atoms with van der Waals surface area (Å²) in [7, 11) is 0. The van der Waals surface area contributed by atoms with Gasteiger partial charge in [0.2, 0.25) is 0 Å². The van der Waals surface area contributed by atoms with Crippen LogP contribution in [0.2, 0.25) is 0 Å². The van der Waals surface area contributed by atoms with Crippen molar-refractivity contribution in [1.29, 1.82) is 0 Å². The highest BCUT2D eigenvalue weighted by Crippen LogP contribution is 2.26. The molecule has 1 aliphatic carbocycles. The second-order valence-electron chi connectivity index (χ2n) is 5.37. The first kappa shape index (κ1) is 13.8. The van der Waals surface area contributed by atoms with Crippen LogP contribution in [0.15, 0.2) is 12.1 Å². The molecule has 2 N–H and O–H groups in total. The molecule has 19 heavy (non-hydrogen) atoms. The molecule has 1 aromatic heterocycles. The first-order valence-corrected chi connectivity index (χ1v) is 7.11. The quantitative estimate of drug-likeness (QED) is 0.853. The zero-order chi connectivity index (χ0) is 13.7. The Kier molecular flexibility index (Phi) is 4.77. The Morgan fingerprint density at radius 3 is 2.79 bits per heavy atom. The van der Waals surface area contributed by atoms with Crippen molar-refractivity contribution in [3.8, 4) is 0 Å². The predicted molar refractivity (Wildman–Crippen MR) is 75.6 cm³/mol. The van der Waals surface area contributed by atoms with E-state index in [1.54, 1.807) is 12.1 Å².